The third-order valence-corrected chi connectivity index (χ3v) is 4.83. The molecule has 3 rings (SSSR count). The summed E-state index contributed by atoms with van der Waals surface area (Å²) in [4.78, 5) is 24.3. The van der Waals surface area contributed by atoms with Gasteiger partial charge in [-0.05, 0) is 24.3 Å². The van der Waals surface area contributed by atoms with Gasteiger partial charge in [-0.25, -0.2) is 9.59 Å². The summed E-state index contributed by atoms with van der Waals surface area (Å²) in [6.45, 7) is -0.969. The molecule has 13 nitrogen and oxygen atoms in total. The number of phenols is 6. The number of ether oxygens (including phenoxy) is 3. The molecule has 1 aliphatic heterocycles. The minimum atomic E-state index is -1.66. The van der Waals surface area contributed by atoms with Crippen LogP contribution >= 0.6 is 0 Å². The van der Waals surface area contributed by atoms with Crippen LogP contribution in [0, 0.1) is 0 Å². The molecule has 2 aromatic rings. The third kappa shape index (κ3) is 4.95. The van der Waals surface area contributed by atoms with Gasteiger partial charge in [-0.3, -0.25) is 0 Å². The first-order chi connectivity index (χ1) is 15.5. The Kier molecular flexibility index (Phi) is 6.67. The molecule has 1 fully saturated rings. The molecular formula is C20H20O13. The number of benzene rings is 2. The van der Waals surface area contributed by atoms with E-state index in [1.54, 1.807) is 0 Å². The van der Waals surface area contributed by atoms with Crippen molar-refractivity contribution in [2.45, 2.75) is 24.4 Å². The van der Waals surface area contributed by atoms with Crippen LogP contribution in [0.4, 0.5) is 0 Å². The number of aromatic hydroxyl groups is 6. The van der Waals surface area contributed by atoms with E-state index in [1.807, 2.05) is 0 Å². The Balaban J connectivity index is 1.58. The van der Waals surface area contributed by atoms with E-state index in [0.717, 1.165) is 24.3 Å². The molecule has 2 aromatic carbocycles. The van der Waals surface area contributed by atoms with E-state index in [0.29, 0.717) is 0 Å². The van der Waals surface area contributed by atoms with Gasteiger partial charge in [0.15, 0.2) is 40.6 Å². The molecule has 33 heavy (non-hydrogen) atoms. The van der Waals surface area contributed by atoms with Crippen molar-refractivity contribution in [2.24, 2.45) is 0 Å². The number of esters is 2. The van der Waals surface area contributed by atoms with Crippen molar-refractivity contribution in [1.82, 2.24) is 0 Å². The van der Waals surface area contributed by atoms with Gasteiger partial charge in [-0.15, -0.1) is 0 Å². The number of carbonyl (C=O) groups is 2. The summed E-state index contributed by atoms with van der Waals surface area (Å²) in [6.07, 6.45) is -5.90. The molecule has 0 amide bonds. The van der Waals surface area contributed by atoms with Gasteiger partial charge in [0.1, 0.15) is 24.9 Å². The first-order valence-electron chi connectivity index (χ1n) is 9.35. The molecule has 8 N–H and O–H groups in total. The van der Waals surface area contributed by atoms with Gasteiger partial charge in [-0.2, -0.15) is 0 Å². The van der Waals surface area contributed by atoms with E-state index < -0.39 is 84.1 Å². The molecule has 0 bridgehead atoms. The lowest BCUT2D eigenvalue weighted by atomic mass is 10.0. The Morgan fingerprint density at radius 3 is 1.73 bits per heavy atom. The van der Waals surface area contributed by atoms with E-state index in [9.17, 15) is 50.4 Å². The maximum atomic E-state index is 12.2. The third-order valence-electron chi connectivity index (χ3n) is 4.83. The highest BCUT2D eigenvalue weighted by molar-refractivity contribution is 5.91. The van der Waals surface area contributed by atoms with Crippen molar-refractivity contribution in [1.29, 1.82) is 0 Å². The van der Waals surface area contributed by atoms with E-state index >= 15 is 0 Å². The van der Waals surface area contributed by atoms with Gasteiger partial charge in [0, 0.05) is 0 Å². The summed E-state index contributed by atoms with van der Waals surface area (Å²) in [5, 5.41) is 77.0. The van der Waals surface area contributed by atoms with E-state index in [4.69, 9.17) is 14.2 Å². The summed E-state index contributed by atoms with van der Waals surface area (Å²) in [6, 6.07) is 3.34. The normalized spacial score (nSPS) is 22.5. The summed E-state index contributed by atoms with van der Waals surface area (Å²) in [7, 11) is 0. The number of hydrogen-bond acceptors (Lipinski definition) is 13. The molecule has 4 atom stereocenters. The van der Waals surface area contributed by atoms with E-state index in [-0.39, 0.29) is 11.1 Å². The lowest BCUT2D eigenvalue weighted by molar-refractivity contribution is -0.196. The second kappa shape index (κ2) is 9.28. The van der Waals surface area contributed by atoms with Crippen LogP contribution < -0.4 is 0 Å². The molecule has 0 aliphatic carbocycles. The highest BCUT2D eigenvalue weighted by Gasteiger charge is 2.41. The molecule has 1 heterocycles. The lowest BCUT2D eigenvalue weighted by Gasteiger charge is -2.36. The number of aliphatic hydroxyl groups is 2. The summed E-state index contributed by atoms with van der Waals surface area (Å²) in [5.41, 5.74) is -0.651. The van der Waals surface area contributed by atoms with Crippen molar-refractivity contribution in [3.63, 3.8) is 0 Å². The fourth-order valence-electron chi connectivity index (χ4n) is 3.00. The highest BCUT2D eigenvalue weighted by atomic mass is 16.6. The second-order valence-corrected chi connectivity index (χ2v) is 7.12. The van der Waals surface area contributed by atoms with Crippen molar-refractivity contribution >= 4 is 11.9 Å². The van der Waals surface area contributed by atoms with Crippen LogP contribution in [0.3, 0.4) is 0 Å². The zero-order valence-corrected chi connectivity index (χ0v) is 16.7. The van der Waals surface area contributed by atoms with Gasteiger partial charge in [0.25, 0.3) is 0 Å². The lowest BCUT2D eigenvalue weighted by Crippen LogP contribution is -2.55. The van der Waals surface area contributed by atoms with Gasteiger partial charge in [0.2, 0.25) is 0 Å². The van der Waals surface area contributed by atoms with Gasteiger partial charge in [0.05, 0.1) is 17.7 Å². The Morgan fingerprint density at radius 2 is 1.24 bits per heavy atom. The SMILES string of the molecule is O=C(OC[C@@H]1OC[C@H](OC(=O)c2cc(O)c(O)c(O)c2)[C@H](O)[C@H]1O)c1cc(O)c(O)c(O)c1. The van der Waals surface area contributed by atoms with Crippen molar-refractivity contribution in [2.75, 3.05) is 13.2 Å². The average Bonchev–Trinajstić information content (AvgIpc) is 2.77. The topological polar surface area (TPSA) is 224 Å². The first kappa shape index (κ1) is 23.7. The smallest absolute Gasteiger partial charge is 0.338 e. The standard InChI is InChI=1S/C20H20O13/c21-9-1-7(2-10(22)15(9)25)19(29)32-5-13-17(27)18(28)14(6-31-13)33-20(30)8-3-11(23)16(26)12(24)4-8/h1-4,13-14,17-18,21-28H,5-6H2/t13-,14-,17-,18-/m0/s1. The van der Waals surface area contributed by atoms with Gasteiger partial charge in [-0.1, -0.05) is 0 Å². The zero-order chi connectivity index (χ0) is 24.4. The second-order valence-electron chi connectivity index (χ2n) is 7.12. The fraction of sp³-hybridized carbons (Fsp3) is 0.300. The minimum Gasteiger partial charge on any atom is -0.504 e. The van der Waals surface area contributed by atoms with Crippen LogP contribution in [-0.2, 0) is 14.2 Å². The van der Waals surface area contributed by atoms with Crippen molar-refractivity contribution in [3.8, 4) is 34.5 Å². The van der Waals surface area contributed by atoms with Crippen LogP contribution in [-0.4, -0.2) is 90.4 Å². The van der Waals surface area contributed by atoms with Gasteiger partial charge >= 0.3 is 11.9 Å². The van der Waals surface area contributed by atoms with Crippen molar-refractivity contribution in [3.05, 3.63) is 35.4 Å². The molecule has 0 unspecified atom stereocenters. The van der Waals surface area contributed by atoms with E-state index in [1.165, 1.54) is 0 Å². The molecule has 1 aliphatic rings. The van der Waals surface area contributed by atoms with Crippen LogP contribution in [0.5, 0.6) is 34.5 Å². The number of aliphatic hydroxyl groups excluding tert-OH is 2. The Morgan fingerprint density at radius 1 is 0.788 bits per heavy atom. The predicted octanol–water partition coefficient (Wildman–Crippen LogP) is -0.577. The molecular weight excluding hydrogens is 448 g/mol. The number of rotatable bonds is 5. The molecule has 13 heteroatoms. The molecule has 0 radical (unpaired) electrons. The molecule has 178 valence electrons. The maximum Gasteiger partial charge on any atom is 0.338 e. The van der Waals surface area contributed by atoms with Crippen LogP contribution in [0.25, 0.3) is 0 Å². The van der Waals surface area contributed by atoms with Crippen LogP contribution in [0.1, 0.15) is 20.7 Å². The maximum absolute atomic E-state index is 12.2. The Bertz CT molecular complexity index is 1020. The van der Waals surface area contributed by atoms with Crippen LogP contribution in [0.15, 0.2) is 24.3 Å². The summed E-state index contributed by atoms with van der Waals surface area (Å²) < 4.78 is 15.2. The minimum absolute atomic E-state index is 0.305. The van der Waals surface area contributed by atoms with Crippen LogP contribution in [0.2, 0.25) is 0 Å². The highest BCUT2D eigenvalue weighted by Crippen LogP contribution is 2.36. The number of phenolic OH excluding ortho intramolecular Hbond substituents is 6. The van der Waals surface area contributed by atoms with E-state index in [2.05, 4.69) is 0 Å². The Labute approximate surface area is 184 Å². The monoisotopic (exact) mass is 468 g/mol. The zero-order valence-electron chi connectivity index (χ0n) is 16.7. The fourth-order valence-corrected chi connectivity index (χ4v) is 3.00. The Hall–Kier alpha value is -3.94. The largest absolute Gasteiger partial charge is 0.504 e. The molecule has 1 saturated heterocycles. The summed E-state index contributed by atoms with van der Waals surface area (Å²) >= 11 is 0. The average molecular weight is 468 g/mol. The number of carbonyl (C=O) groups excluding carboxylic acids is 2. The summed E-state index contributed by atoms with van der Waals surface area (Å²) in [5.74, 6) is -6.86. The molecule has 0 aromatic heterocycles. The molecule has 0 saturated carbocycles. The first-order valence-corrected chi connectivity index (χ1v) is 9.35. The predicted molar refractivity (Wildman–Crippen MR) is 104 cm³/mol. The molecule has 0 spiro atoms. The van der Waals surface area contributed by atoms with Crippen molar-refractivity contribution < 1.29 is 64.7 Å². The quantitative estimate of drug-likeness (QED) is 0.203. The number of hydrogen-bond donors (Lipinski definition) is 8. The van der Waals surface area contributed by atoms with Gasteiger partial charge < -0.3 is 55.1 Å².